The maximum atomic E-state index is 11.6. The first-order chi connectivity index (χ1) is 8.10. The van der Waals surface area contributed by atoms with Gasteiger partial charge in [-0.15, -0.1) is 0 Å². The molecule has 7 heteroatoms. The Balaban J connectivity index is 2.68. The number of hydrogen-bond acceptors (Lipinski definition) is 6. The van der Waals surface area contributed by atoms with Crippen molar-refractivity contribution in [1.29, 1.82) is 0 Å². The van der Waals surface area contributed by atoms with Gasteiger partial charge in [-0.05, 0) is 25.4 Å². The van der Waals surface area contributed by atoms with E-state index in [1.807, 2.05) is 13.8 Å². The molecular formula is C10H18N4O2S. The highest BCUT2D eigenvalue weighted by Crippen LogP contribution is 2.26. The van der Waals surface area contributed by atoms with Crippen molar-refractivity contribution < 1.29 is 9.53 Å². The van der Waals surface area contributed by atoms with Gasteiger partial charge in [0.1, 0.15) is 10.6 Å². The van der Waals surface area contributed by atoms with E-state index < -0.39 is 0 Å². The minimum absolute atomic E-state index is 0.0702. The highest BCUT2D eigenvalue weighted by atomic mass is 32.1. The van der Waals surface area contributed by atoms with Crippen molar-refractivity contribution in [3.8, 4) is 0 Å². The molecule has 1 rings (SSSR count). The number of anilines is 2. The van der Waals surface area contributed by atoms with Gasteiger partial charge >= 0.3 is 0 Å². The van der Waals surface area contributed by atoms with E-state index in [0.717, 1.165) is 0 Å². The van der Waals surface area contributed by atoms with Crippen LogP contribution in [-0.4, -0.2) is 36.6 Å². The molecule has 0 aliphatic rings. The molecule has 0 fully saturated rings. The molecule has 0 radical (unpaired) electrons. The van der Waals surface area contributed by atoms with Crippen molar-refractivity contribution in [1.82, 2.24) is 9.69 Å². The van der Waals surface area contributed by atoms with Crippen LogP contribution in [0.4, 0.5) is 10.8 Å². The average molecular weight is 258 g/mol. The quantitative estimate of drug-likeness (QED) is 0.706. The SMILES string of the molecule is CCOC(C)CNc1snc(N)c1C(=O)NC. The second-order valence-corrected chi connectivity index (χ2v) is 4.27. The summed E-state index contributed by atoms with van der Waals surface area (Å²) < 4.78 is 9.35. The second kappa shape index (κ2) is 6.41. The van der Waals surface area contributed by atoms with Crippen LogP contribution in [0.3, 0.4) is 0 Å². The van der Waals surface area contributed by atoms with Crippen LogP contribution in [0.1, 0.15) is 24.2 Å². The van der Waals surface area contributed by atoms with Gasteiger partial charge in [0.15, 0.2) is 5.82 Å². The summed E-state index contributed by atoms with van der Waals surface area (Å²) in [6.07, 6.45) is 0.0702. The van der Waals surface area contributed by atoms with E-state index >= 15 is 0 Å². The number of hydrogen-bond donors (Lipinski definition) is 3. The lowest BCUT2D eigenvalue weighted by atomic mass is 10.3. The number of nitrogen functional groups attached to an aromatic ring is 1. The van der Waals surface area contributed by atoms with Gasteiger partial charge in [0.05, 0.1) is 6.10 Å². The topological polar surface area (TPSA) is 89.3 Å². The van der Waals surface area contributed by atoms with Gasteiger partial charge in [-0.1, -0.05) is 0 Å². The van der Waals surface area contributed by atoms with E-state index in [4.69, 9.17) is 10.5 Å². The summed E-state index contributed by atoms with van der Waals surface area (Å²) in [5.74, 6) is 0.0173. The molecule has 0 aliphatic heterocycles. The number of ether oxygens (including phenoxy) is 1. The smallest absolute Gasteiger partial charge is 0.257 e. The zero-order valence-corrected chi connectivity index (χ0v) is 11.1. The number of carbonyl (C=O) groups excluding carboxylic acids is 1. The molecule has 0 bridgehead atoms. The third-order valence-corrected chi connectivity index (χ3v) is 2.99. The van der Waals surface area contributed by atoms with E-state index in [-0.39, 0.29) is 17.8 Å². The molecule has 1 amide bonds. The summed E-state index contributed by atoms with van der Waals surface area (Å²) in [5.41, 5.74) is 6.05. The van der Waals surface area contributed by atoms with Gasteiger partial charge < -0.3 is 21.1 Å². The van der Waals surface area contributed by atoms with Crippen molar-refractivity contribution in [2.75, 3.05) is 31.2 Å². The fourth-order valence-electron chi connectivity index (χ4n) is 1.35. The Bertz CT molecular complexity index is 380. The first kappa shape index (κ1) is 13.7. The first-order valence-electron chi connectivity index (χ1n) is 5.42. The number of nitrogens with one attached hydrogen (secondary N) is 2. The largest absolute Gasteiger partial charge is 0.382 e. The number of rotatable bonds is 6. The number of nitrogens with zero attached hydrogens (tertiary/aromatic N) is 1. The van der Waals surface area contributed by atoms with Crippen LogP contribution in [0.15, 0.2) is 0 Å². The highest BCUT2D eigenvalue weighted by molar-refractivity contribution is 7.11. The Morgan fingerprint density at radius 3 is 2.94 bits per heavy atom. The van der Waals surface area contributed by atoms with Gasteiger partial charge in [-0.2, -0.15) is 4.37 Å². The fourth-order valence-corrected chi connectivity index (χ4v) is 2.06. The third-order valence-electron chi connectivity index (χ3n) is 2.17. The van der Waals surface area contributed by atoms with Crippen LogP contribution in [0.5, 0.6) is 0 Å². The monoisotopic (exact) mass is 258 g/mol. The Labute approximate surface area is 105 Å². The van der Waals surface area contributed by atoms with E-state index in [1.165, 1.54) is 11.5 Å². The van der Waals surface area contributed by atoms with Gasteiger partial charge in [0, 0.05) is 20.2 Å². The van der Waals surface area contributed by atoms with Gasteiger partial charge in [0.2, 0.25) is 0 Å². The van der Waals surface area contributed by atoms with E-state index in [9.17, 15) is 4.79 Å². The maximum Gasteiger partial charge on any atom is 0.257 e. The minimum Gasteiger partial charge on any atom is -0.382 e. The van der Waals surface area contributed by atoms with E-state index in [1.54, 1.807) is 7.05 Å². The average Bonchev–Trinajstić information content (AvgIpc) is 2.67. The molecule has 6 nitrogen and oxygen atoms in total. The zero-order valence-electron chi connectivity index (χ0n) is 10.2. The van der Waals surface area contributed by atoms with Crippen LogP contribution in [0.25, 0.3) is 0 Å². The predicted molar refractivity (Wildman–Crippen MR) is 69.5 cm³/mol. The Morgan fingerprint density at radius 2 is 2.35 bits per heavy atom. The molecular weight excluding hydrogens is 240 g/mol. The molecule has 1 unspecified atom stereocenters. The molecule has 0 aromatic carbocycles. The fraction of sp³-hybridized carbons (Fsp3) is 0.600. The highest BCUT2D eigenvalue weighted by Gasteiger charge is 2.18. The first-order valence-corrected chi connectivity index (χ1v) is 6.20. The zero-order chi connectivity index (χ0) is 12.8. The van der Waals surface area contributed by atoms with Crippen LogP contribution in [0.2, 0.25) is 0 Å². The summed E-state index contributed by atoms with van der Waals surface area (Å²) in [7, 11) is 1.56. The molecule has 4 N–H and O–H groups in total. The molecule has 0 saturated heterocycles. The normalized spacial score (nSPS) is 12.2. The molecule has 0 saturated carbocycles. The summed E-state index contributed by atoms with van der Waals surface area (Å²) in [6, 6.07) is 0. The molecule has 17 heavy (non-hydrogen) atoms. The lowest BCUT2D eigenvalue weighted by Crippen LogP contribution is -2.23. The van der Waals surface area contributed by atoms with Crippen molar-refractivity contribution in [3.63, 3.8) is 0 Å². The molecule has 1 aromatic rings. The molecule has 1 atom stereocenters. The summed E-state index contributed by atoms with van der Waals surface area (Å²) in [4.78, 5) is 11.6. The lowest BCUT2D eigenvalue weighted by molar-refractivity contribution is 0.0854. The lowest BCUT2D eigenvalue weighted by Gasteiger charge is -2.12. The standard InChI is InChI=1S/C10H18N4O2S/c1-4-16-6(2)5-13-10-7(9(15)12-3)8(11)14-17-10/h6,13H,4-5H2,1-3H3,(H2,11,14)(H,12,15). The van der Waals surface area contributed by atoms with Crippen LogP contribution in [-0.2, 0) is 4.74 Å². The summed E-state index contributed by atoms with van der Waals surface area (Å²) in [6.45, 7) is 5.17. The van der Waals surface area contributed by atoms with Crippen LogP contribution in [0, 0.1) is 0 Å². The molecule has 96 valence electrons. The maximum absolute atomic E-state index is 11.6. The van der Waals surface area contributed by atoms with Crippen LogP contribution >= 0.6 is 11.5 Å². The number of aromatic nitrogens is 1. The molecule has 1 aromatic heterocycles. The summed E-state index contributed by atoms with van der Waals surface area (Å²) in [5, 5.41) is 6.34. The number of nitrogens with two attached hydrogens (primary N) is 1. The van der Waals surface area contributed by atoms with Gasteiger partial charge in [-0.3, -0.25) is 4.79 Å². The Hall–Kier alpha value is -1.34. The van der Waals surface area contributed by atoms with E-state index in [0.29, 0.717) is 23.7 Å². The third kappa shape index (κ3) is 3.57. The van der Waals surface area contributed by atoms with Crippen molar-refractivity contribution in [2.45, 2.75) is 20.0 Å². The summed E-state index contributed by atoms with van der Waals surface area (Å²) >= 11 is 1.18. The van der Waals surface area contributed by atoms with Gasteiger partial charge in [0.25, 0.3) is 5.91 Å². The van der Waals surface area contributed by atoms with Crippen molar-refractivity contribution >= 4 is 28.3 Å². The minimum atomic E-state index is -0.234. The van der Waals surface area contributed by atoms with Crippen molar-refractivity contribution in [2.24, 2.45) is 0 Å². The molecule has 1 heterocycles. The van der Waals surface area contributed by atoms with Crippen LogP contribution < -0.4 is 16.4 Å². The Kier molecular flexibility index (Phi) is 5.17. The van der Waals surface area contributed by atoms with E-state index in [2.05, 4.69) is 15.0 Å². The molecule has 0 aliphatic carbocycles. The predicted octanol–water partition coefficient (Wildman–Crippen LogP) is 0.922. The van der Waals surface area contributed by atoms with Gasteiger partial charge in [-0.25, -0.2) is 0 Å². The van der Waals surface area contributed by atoms with Crippen molar-refractivity contribution in [3.05, 3.63) is 5.56 Å². The molecule has 0 spiro atoms. The Morgan fingerprint density at radius 1 is 1.65 bits per heavy atom. The number of carbonyl (C=O) groups is 1. The number of amides is 1. The second-order valence-electron chi connectivity index (χ2n) is 3.50.